The molecule has 0 spiro atoms. The van der Waals surface area contributed by atoms with Crippen LogP contribution in [0.5, 0.6) is 0 Å². The van der Waals surface area contributed by atoms with Crippen LogP contribution in [-0.2, 0) is 0 Å². The maximum atomic E-state index is 12.7. The van der Waals surface area contributed by atoms with Gasteiger partial charge in [-0.1, -0.05) is 0 Å². The first kappa shape index (κ1) is 16.6. The zero-order chi connectivity index (χ0) is 18.3. The summed E-state index contributed by atoms with van der Waals surface area (Å²) in [6, 6.07) is 7.83. The molecule has 1 amide bonds. The van der Waals surface area contributed by atoms with Crippen molar-refractivity contribution < 1.29 is 4.79 Å². The third kappa shape index (κ3) is 2.92. The van der Waals surface area contributed by atoms with E-state index in [4.69, 9.17) is 4.98 Å². The molecule has 6 heteroatoms. The Bertz CT molecular complexity index is 944. The van der Waals surface area contributed by atoms with Gasteiger partial charge in [-0.3, -0.25) is 9.78 Å². The zero-order valence-electron chi connectivity index (χ0n) is 15.4. The number of hydrogen-bond donors (Lipinski definition) is 0. The zero-order valence-corrected chi connectivity index (χ0v) is 15.4. The molecule has 0 unspecified atom stereocenters. The molecule has 134 valence electrons. The van der Waals surface area contributed by atoms with E-state index in [0.29, 0.717) is 12.1 Å². The SMILES string of the molecule is Cc1ccc(C(=O)N2CC[C@H](c3cn4cccc4c(N(C)C)n3)C2)cn1. The Balaban J connectivity index is 1.58. The van der Waals surface area contributed by atoms with Gasteiger partial charge in [0.15, 0.2) is 5.82 Å². The highest BCUT2D eigenvalue weighted by atomic mass is 16.2. The fraction of sp³-hybridized carbons (Fsp3) is 0.350. The van der Waals surface area contributed by atoms with E-state index in [9.17, 15) is 4.79 Å². The molecule has 0 bridgehead atoms. The van der Waals surface area contributed by atoms with Crippen LogP contribution in [0.15, 0.2) is 42.9 Å². The minimum Gasteiger partial charge on any atom is -0.361 e. The third-order valence-electron chi connectivity index (χ3n) is 4.99. The third-order valence-corrected chi connectivity index (χ3v) is 4.99. The maximum Gasteiger partial charge on any atom is 0.255 e. The van der Waals surface area contributed by atoms with Crippen LogP contribution in [-0.4, -0.2) is 52.4 Å². The average Bonchev–Trinajstić information content (AvgIpc) is 3.30. The molecule has 4 heterocycles. The summed E-state index contributed by atoms with van der Waals surface area (Å²) in [5.41, 5.74) is 3.70. The molecule has 0 radical (unpaired) electrons. The van der Waals surface area contributed by atoms with Gasteiger partial charge < -0.3 is 14.2 Å². The van der Waals surface area contributed by atoms with E-state index in [1.165, 1.54) is 0 Å². The second-order valence-corrected chi connectivity index (χ2v) is 7.11. The van der Waals surface area contributed by atoms with Crippen LogP contribution < -0.4 is 4.90 Å². The van der Waals surface area contributed by atoms with E-state index < -0.39 is 0 Å². The molecule has 3 aromatic rings. The smallest absolute Gasteiger partial charge is 0.255 e. The first-order valence-electron chi connectivity index (χ1n) is 8.90. The number of rotatable bonds is 3. The number of nitrogens with zero attached hydrogens (tertiary/aromatic N) is 5. The summed E-state index contributed by atoms with van der Waals surface area (Å²) in [6.07, 6.45) is 6.73. The molecule has 1 fully saturated rings. The number of fused-ring (bicyclic) bond motifs is 1. The predicted octanol–water partition coefficient (Wildman–Crippen LogP) is 2.73. The lowest BCUT2D eigenvalue weighted by Crippen LogP contribution is -2.28. The molecule has 0 N–H and O–H groups in total. The molecule has 3 aromatic heterocycles. The Hall–Kier alpha value is -2.89. The summed E-state index contributed by atoms with van der Waals surface area (Å²) in [4.78, 5) is 25.8. The number of carbonyl (C=O) groups excluding carboxylic acids is 1. The molecule has 1 saturated heterocycles. The first-order chi connectivity index (χ1) is 12.5. The summed E-state index contributed by atoms with van der Waals surface area (Å²) in [5, 5.41) is 0. The number of carbonyl (C=O) groups is 1. The summed E-state index contributed by atoms with van der Waals surface area (Å²) in [7, 11) is 4.02. The monoisotopic (exact) mass is 349 g/mol. The topological polar surface area (TPSA) is 53.7 Å². The van der Waals surface area contributed by atoms with Gasteiger partial charge in [0.2, 0.25) is 0 Å². The normalized spacial score (nSPS) is 17.0. The Morgan fingerprint density at radius 1 is 1.27 bits per heavy atom. The molecule has 26 heavy (non-hydrogen) atoms. The number of anilines is 1. The van der Waals surface area contributed by atoms with Gasteiger partial charge in [0.25, 0.3) is 5.91 Å². The number of amides is 1. The van der Waals surface area contributed by atoms with Gasteiger partial charge in [0.05, 0.1) is 16.8 Å². The van der Waals surface area contributed by atoms with Crippen molar-refractivity contribution in [1.82, 2.24) is 19.3 Å². The number of pyridine rings is 1. The van der Waals surface area contributed by atoms with E-state index in [-0.39, 0.29) is 11.8 Å². The van der Waals surface area contributed by atoms with E-state index in [1.807, 2.05) is 55.2 Å². The summed E-state index contributed by atoms with van der Waals surface area (Å²) >= 11 is 0. The maximum absolute atomic E-state index is 12.7. The van der Waals surface area contributed by atoms with Crippen LogP contribution in [0.4, 0.5) is 5.82 Å². The van der Waals surface area contributed by atoms with E-state index >= 15 is 0 Å². The molecule has 0 saturated carbocycles. The standard InChI is InChI=1S/C20H23N5O/c1-14-6-7-15(11-21-14)20(26)25-10-8-16(12-25)17-13-24-9-4-5-18(24)19(22-17)23(2)3/h4-7,9,11,13,16H,8,10,12H2,1-3H3/t16-/m0/s1. The fourth-order valence-corrected chi connectivity index (χ4v) is 3.54. The summed E-state index contributed by atoms with van der Waals surface area (Å²) in [6.45, 7) is 3.37. The minimum absolute atomic E-state index is 0.0508. The van der Waals surface area contributed by atoms with Gasteiger partial charge in [-0.05, 0) is 37.6 Å². The van der Waals surface area contributed by atoms with Crippen molar-refractivity contribution in [2.24, 2.45) is 0 Å². The van der Waals surface area contributed by atoms with Crippen molar-refractivity contribution in [3.8, 4) is 0 Å². The second kappa shape index (κ2) is 6.44. The quantitative estimate of drug-likeness (QED) is 0.730. The largest absolute Gasteiger partial charge is 0.361 e. The van der Waals surface area contributed by atoms with Crippen molar-refractivity contribution in [2.75, 3.05) is 32.1 Å². The van der Waals surface area contributed by atoms with Crippen LogP contribution >= 0.6 is 0 Å². The van der Waals surface area contributed by atoms with E-state index in [2.05, 4.69) is 21.6 Å². The molecule has 6 nitrogen and oxygen atoms in total. The lowest BCUT2D eigenvalue weighted by molar-refractivity contribution is 0.0790. The second-order valence-electron chi connectivity index (χ2n) is 7.11. The van der Waals surface area contributed by atoms with Crippen molar-refractivity contribution in [2.45, 2.75) is 19.3 Å². The molecular formula is C20H23N5O. The highest BCUT2D eigenvalue weighted by molar-refractivity contribution is 5.94. The molecule has 1 aliphatic heterocycles. The molecule has 4 rings (SSSR count). The lowest BCUT2D eigenvalue weighted by atomic mass is 10.1. The Labute approximate surface area is 153 Å². The predicted molar refractivity (Wildman–Crippen MR) is 102 cm³/mol. The van der Waals surface area contributed by atoms with Crippen LogP contribution in [0.3, 0.4) is 0 Å². The first-order valence-corrected chi connectivity index (χ1v) is 8.90. The van der Waals surface area contributed by atoms with Crippen molar-refractivity contribution in [3.05, 3.63) is 59.8 Å². The Kier molecular flexibility index (Phi) is 4.11. The molecule has 1 aliphatic rings. The van der Waals surface area contributed by atoms with Gasteiger partial charge in [0, 0.05) is 57.4 Å². The summed E-state index contributed by atoms with van der Waals surface area (Å²) in [5.74, 6) is 1.26. The number of likely N-dealkylation sites (tertiary alicyclic amines) is 1. The average molecular weight is 349 g/mol. The summed E-state index contributed by atoms with van der Waals surface area (Å²) < 4.78 is 2.12. The van der Waals surface area contributed by atoms with Gasteiger partial charge in [0.1, 0.15) is 0 Å². The Morgan fingerprint density at radius 2 is 2.12 bits per heavy atom. The van der Waals surface area contributed by atoms with Gasteiger partial charge in [-0.25, -0.2) is 4.98 Å². The van der Waals surface area contributed by atoms with Crippen LogP contribution in [0.2, 0.25) is 0 Å². The number of aryl methyl sites for hydroxylation is 1. The van der Waals surface area contributed by atoms with Gasteiger partial charge >= 0.3 is 0 Å². The van der Waals surface area contributed by atoms with E-state index in [0.717, 1.165) is 35.7 Å². The van der Waals surface area contributed by atoms with Crippen LogP contribution in [0.1, 0.15) is 34.1 Å². The van der Waals surface area contributed by atoms with Crippen molar-refractivity contribution >= 4 is 17.2 Å². The molecule has 1 atom stereocenters. The molecule has 0 aromatic carbocycles. The van der Waals surface area contributed by atoms with Crippen molar-refractivity contribution in [1.29, 1.82) is 0 Å². The Morgan fingerprint density at radius 3 is 2.85 bits per heavy atom. The van der Waals surface area contributed by atoms with E-state index in [1.54, 1.807) is 6.20 Å². The fourth-order valence-electron chi connectivity index (χ4n) is 3.54. The van der Waals surface area contributed by atoms with Gasteiger partial charge in [-0.15, -0.1) is 0 Å². The minimum atomic E-state index is 0.0508. The lowest BCUT2D eigenvalue weighted by Gasteiger charge is -2.19. The van der Waals surface area contributed by atoms with Crippen LogP contribution in [0.25, 0.3) is 5.52 Å². The molecule has 0 aliphatic carbocycles. The highest BCUT2D eigenvalue weighted by Gasteiger charge is 2.29. The molecular weight excluding hydrogens is 326 g/mol. The van der Waals surface area contributed by atoms with Gasteiger partial charge in [-0.2, -0.15) is 0 Å². The highest BCUT2D eigenvalue weighted by Crippen LogP contribution is 2.29. The number of hydrogen-bond acceptors (Lipinski definition) is 4. The van der Waals surface area contributed by atoms with Crippen molar-refractivity contribution in [3.63, 3.8) is 0 Å². The number of aromatic nitrogens is 3. The van der Waals surface area contributed by atoms with Crippen LogP contribution in [0, 0.1) is 6.92 Å².